The average molecular weight is 419 g/mol. The predicted molar refractivity (Wildman–Crippen MR) is 103 cm³/mol. The molecule has 0 heterocycles. The quantitative estimate of drug-likeness (QED) is 0.659. The maximum absolute atomic E-state index is 12.3. The number of benzene rings is 2. The van der Waals surface area contributed by atoms with Crippen LogP contribution >= 0.6 is 34.8 Å². The molecule has 5 nitrogen and oxygen atoms in total. The van der Waals surface area contributed by atoms with Crippen molar-refractivity contribution >= 4 is 40.7 Å². The fourth-order valence-electron chi connectivity index (χ4n) is 2.16. The minimum absolute atomic E-state index is 0.277. The second kappa shape index (κ2) is 9.21. The van der Waals surface area contributed by atoms with Crippen LogP contribution in [0.1, 0.15) is 12.5 Å². The Labute approximate surface area is 167 Å². The lowest BCUT2D eigenvalue weighted by Crippen LogP contribution is -2.35. The van der Waals surface area contributed by atoms with Crippen LogP contribution in [0.15, 0.2) is 30.3 Å². The van der Waals surface area contributed by atoms with E-state index in [1.54, 1.807) is 33.3 Å². The van der Waals surface area contributed by atoms with Crippen molar-refractivity contribution < 1.29 is 19.0 Å². The molecule has 1 unspecified atom stereocenters. The largest absolute Gasteiger partial charge is 0.493 e. The highest BCUT2D eigenvalue weighted by Crippen LogP contribution is 2.34. The van der Waals surface area contributed by atoms with Gasteiger partial charge in [0, 0.05) is 12.6 Å². The van der Waals surface area contributed by atoms with Crippen LogP contribution in [0, 0.1) is 0 Å². The molecule has 1 atom stereocenters. The molecule has 0 aliphatic rings. The first kappa shape index (κ1) is 20.5. The summed E-state index contributed by atoms with van der Waals surface area (Å²) >= 11 is 17.9. The van der Waals surface area contributed by atoms with Crippen molar-refractivity contribution in [1.29, 1.82) is 0 Å². The van der Waals surface area contributed by atoms with E-state index in [4.69, 9.17) is 49.0 Å². The Morgan fingerprint density at radius 3 is 2.27 bits per heavy atom. The number of ether oxygens (including phenoxy) is 3. The number of halogens is 3. The third-order valence-electron chi connectivity index (χ3n) is 3.56. The number of nitrogens with one attached hydrogen (secondary N) is 1. The van der Waals surface area contributed by atoms with E-state index in [0.717, 1.165) is 5.56 Å². The molecule has 2 aromatic carbocycles. The Kier molecular flexibility index (Phi) is 7.26. The minimum atomic E-state index is -0.773. The molecule has 0 saturated carbocycles. The number of carbonyl (C=O) groups is 1. The fourth-order valence-corrected chi connectivity index (χ4v) is 2.74. The Hall–Kier alpha value is -1.82. The number of carbonyl (C=O) groups excluding carboxylic acids is 1. The Bertz CT molecular complexity index is 798. The van der Waals surface area contributed by atoms with Crippen molar-refractivity contribution in [2.75, 3.05) is 14.2 Å². The first-order valence-corrected chi connectivity index (χ1v) is 8.79. The molecule has 0 aliphatic carbocycles. The average Bonchev–Trinajstić information content (AvgIpc) is 2.63. The Morgan fingerprint density at radius 2 is 1.62 bits per heavy atom. The van der Waals surface area contributed by atoms with Gasteiger partial charge in [-0.1, -0.05) is 40.9 Å². The van der Waals surface area contributed by atoms with E-state index in [-0.39, 0.29) is 16.7 Å². The summed E-state index contributed by atoms with van der Waals surface area (Å²) in [5, 5.41) is 3.68. The standard InChI is InChI=1S/C18H18Cl3NO4/c1-10(26-16-8-13(20)12(19)7-14(16)21)18(23)22-9-11-4-5-15(24-2)17(6-11)25-3/h4-8,10H,9H2,1-3H3,(H,22,23). The predicted octanol–water partition coefficient (Wildman–Crippen LogP) is 4.75. The van der Waals surface area contributed by atoms with Crippen molar-refractivity contribution in [1.82, 2.24) is 5.32 Å². The van der Waals surface area contributed by atoms with E-state index in [0.29, 0.717) is 28.1 Å². The van der Waals surface area contributed by atoms with E-state index in [1.807, 2.05) is 6.07 Å². The van der Waals surface area contributed by atoms with Gasteiger partial charge in [-0.15, -0.1) is 0 Å². The molecule has 1 amide bonds. The summed E-state index contributed by atoms with van der Waals surface area (Å²) in [6, 6.07) is 8.35. The zero-order valence-electron chi connectivity index (χ0n) is 14.4. The third kappa shape index (κ3) is 5.10. The highest BCUT2D eigenvalue weighted by Gasteiger charge is 2.17. The van der Waals surface area contributed by atoms with Crippen LogP contribution in [0.3, 0.4) is 0 Å². The number of rotatable bonds is 7. The van der Waals surface area contributed by atoms with Gasteiger partial charge in [0.25, 0.3) is 5.91 Å². The summed E-state index contributed by atoms with van der Waals surface area (Å²) < 4.78 is 16.0. The summed E-state index contributed by atoms with van der Waals surface area (Å²) in [6.07, 6.45) is -0.773. The summed E-state index contributed by atoms with van der Waals surface area (Å²) in [6.45, 7) is 1.92. The van der Waals surface area contributed by atoms with Crippen LogP contribution in [-0.2, 0) is 11.3 Å². The van der Waals surface area contributed by atoms with Gasteiger partial charge in [-0.3, -0.25) is 4.79 Å². The van der Waals surface area contributed by atoms with Crippen molar-refractivity contribution in [3.8, 4) is 17.2 Å². The molecule has 2 rings (SSSR count). The highest BCUT2D eigenvalue weighted by molar-refractivity contribution is 6.43. The molecule has 26 heavy (non-hydrogen) atoms. The SMILES string of the molecule is COc1ccc(CNC(=O)C(C)Oc2cc(Cl)c(Cl)cc2Cl)cc1OC. The zero-order chi connectivity index (χ0) is 19.3. The summed E-state index contributed by atoms with van der Waals surface area (Å²) in [4.78, 5) is 12.3. The van der Waals surface area contributed by atoms with Crippen molar-refractivity contribution in [3.05, 3.63) is 51.0 Å². The maximum Gasteiger partial charge on any atom is 0.261 e. The lowest BCUT2D eigenvalue weighted by atomic mass is 10.2. The van der Waals surface area contributed by atoms with Crippen LogP contribution in [0.2, 0.25) is 15.1 Å². The molecule has 2 aromatic rings. The van der Waals surface area contributed by atoms with Gasteiger partial charge >= 0.3 is 0 Å². The highest BCUT2D eigenvalue weighted by atomic mass is 35.5. The van der Waals surface area contributed by atoms with Crippen LogP contribution in [0.4, 0.5) is 0 Å². The number of methoxy groups -OCH3 is 2. The van der Waals surface area contributed by atoms with Gasteiger partial charge in [0.2, 0.25) is 0 Å². The normalized spacial score (nSPS) is 11.6. The van der Waals surface area contributed by atoms with Crippen molar-refractivity contribution in [3.63, 3.8) is 0 Å². The first-order chi connectivity index (χ1) is 12.3. The number of hydrogen-bond acceptors (Lipinski definition) is 4. The smallest absolute Gasteiger partial charge is 0.261 e. The monoisotopic (exact) mass is 417 g/mol. The molecular formula is C18H18Cl3NO4. The van der Waals surface area contributed by atoms with Crippen LogP contribution < -0.4 is 19.5 Å². The number of hydrogen-bond donors (Lipinski definition) is 1. The van der Waals surface area contributed by atoms with Crippen LogP contribution in [0.25, 0.3) is 0 Å². The molecule has 0 radical (unpaired) electrons. The van der Waals surface area contributed by atoms with E-state index in [1.165, 1.54) is 12.1 Å². The summed E-state index contributed by atoms with van der Waals surface area (Å²) in [7, 11) is 3.11. The molecule has 0 aromatic heterocycles. The Balaban J connectivity index is 1.98. The number of amides is 1. The van der Waals surface area contributed by atoms with Gasteiger partial charge < -0.3 is 19.5 Å². The van der Waals surface area contributed by atoms with Gasteiger partial charge in [-0.2, -0.15) is 0 Å². The van der Waals surface area contributed by atoms with E-state index in [2.05, 4.69) is 5.32 Å². The minimum Gasteiger partial charge on any atom is -0.493 e. The van der Waals surface area contributed by atoms with Gasteiger partial charge in [-0.25, -0.2) is 0 Å². The van der Waals surface area contributed by atoms with E-state index < -0.39 is 6.10 Å². The van der Waals surface area contributed by atoms with Gasteiger partial charge in [-0.05, 0) is 30.7 Å². The van der Waals surface area contributed by atoms with Crippen molar-refractivity contribution in [2.24, 2.45) is 0 Å². The second-order valence-corrected chi connectivity index (χ2v) is 6.59. The fraction of sp³-hybridized carbons (Fsp3) is 0.278. The first-order valence-electron chi connectivity index (χ1n) is 7.65. The van der Waals surface area contributed by atoms with E-state index in [9.17, 15) is 4.79 Å². The molecule has 0 aliphatic heterocycles. The van der Waals surface area contributed by atoms with Crippen LogP contribution in [0.5, 0.6) is 17.2 Å². The summed E-state index contributed by atoms with van der Waals surface area (Å²) in [5.41, 5.74) is 0.857. The molecule has 8 heteroatoms. The molecule has 140 valence electrons. The topological polar surface area (TPSA) is 56.8 Å². The van der Waals surface area contributed by atoms with Gasteiger partial charge in [0.05, 0.1) is 29.3 Å². The summed E-state index contributed by atoms with van der Waals surface area (Å²) in [5.74, 6) is 1.19. The molecule has 0 spiro atoms. The molecular weight excluding hydrogens is 401 g/mol. The maximum atomic E-state index is 12.3. The van der Waals surface area contributed by atoms with Crippen molar-refractivity contribution in [2.45, 2.75) is 19.6 Å². The van der Waals surface area contributed by atoms with Gasteiger partial charge in [0.1, 0.15) is 5.75 Å². The molecule has 1 N–H and O–H groups in total. The van der Waals surface area contributed by atoms with Crippen LogP contribution in [-0.4, -0.2) is 26.2 Å². The Morgan fingerprint density at radius 1 is 0.962 bits per heavy atom. The molecule has 0 bridgehead atoms. The van der Waals surface area contributed by atoms with Gasteiger partial charge in [0.15, 0.2) is 17.6 Å². The lowest BCUT2D eigenvalue weighted by molar-refractivity contribution is -0.127. The molecule has 0 fully saturated rings. The zero-order valence-corrected chi connectivity index (χ0v) is 16.7. The third-order valence-corrected chi connectivity index (χ3v) is 4.58. The lowest BCUT2D eigenvalue weighted by Gasteiger charge is -2.16. The molecule has 0 saturated heterocycles. The van der Waals surface area contributed by atoms with E-state index >= 15 is 0 Å². The second-order valence-electron chi connectivity index (χ2n) is 5.36.